The Morgan fingerprint density at radius 3 is 2.70 bits per heavy atom. The van der Waals surface area contributed by atoms with E-state index in [1.165, 1.54) is 0 Å². The summed E-state index contributed by atoms with van der Waals surface area (Å²) in [6.07, 6.45) is 7.63. The van der Waals surface area contributed by atoms with Gasteiger partial charge in [0.25, 0.3) is 0 Å². The lowest BCUT2D eigenvalue weighted by molar-refractivity contribution is -0.128. The second-order valence-corrected chi connectivity index (χ2v) is 7.85. The van der Waals surface area contributed by atoms with E-state index in [0.717, 1.165) is 22.4 Å². The van der Waals surface area contributed by atoms with E-state index < -0.39 is 11.5 Å². The predicted molar refractivity (Wildman–Crippen MR) is 115 cm³/mol. The Labute approximate surface area is 174 Å². The molecule has 2 amide bonds. The molecule has 0 aliphatic carbocycles. The fourth-order valence-electron chi connectivity index (χ4n) is 4.80. The van der Waals surface area contributed by atoms with Gasteiger partial charge in [-0.05, 0) is 29.7 Å². The van der Waals surface area contributed by atoms with Crippen LogP contribution in [-0.4, -0.2) is 33.0 Å². The molecule has 0 bridgehead atoms. The van der Waals surface area contributed by atoms with Crippen molar-refractivity contribution in [2.75, 3.05) is 11.9 Å². The average Bonchev–Trinajstić information content (AvgIpc) is 3.44. The van der Waals surface area contributed by atoms with E-state index in [-0.39, 0.29) is 11.8 Å². The van der Waals surface area contributed by atoms with E-state index >= 15 is 0 Å². The summed E-state index contributed by atoms with van der Waals surface area (Å²) in [6, 6.07) is 17.1. The lowest BCUT2D eigenvalue weighted by atomic mass is 9.73. The van der Waals surface area contributed by atoms with Crippen molar-refractivity contribution < 1.29 is 9.59 Å². The summed E-state index contributed by atoms with van der Waals surface area (Å²) in [5, 5.41) is 7.34. The summed E-state index contributed by atoms with van der Waals surface area (Å²) in [6.45, 7) is 0.499. The Balaban J connectivity index is 1.57. The third kappa shape index (κ3) is 2.76. The number of para-hydroxylation sites is 1. The molecule has 0 saturated carbocycles. The molecule has 6 nitrogen and oxygen atoms in total. The van der Waals surface area contributed by atoms with Gasteiger partial charge in [-0.2, -0.15) is 5.10 Å². The standard InChI is InChI=1S/C24H22N4O2/c1-27-16-18(15-25-27)22-24(19-9-5-6-10-20(19)26-23(24)30)13-14-28(22)21(29)12-11-17-7-3-2-4-8-17/h2-12,15-16,22H,13-14H2,1H3,(H,26,30)/b12-11+/t22-,24+/m0/s1. The molecular weight excluding hydrogens is 376 g/mol. The molecule has 6 heteroatoms. The minimum Gasteiger partial charge on any atom is -0.331 e. The summed E-state index contributed by atoms with van der Waals surface area (Å²) >= 11 is 0. The number of anilines is 1. The second kappa shape index (κ2) is 6.99. The lowest BCUT2D eigenvalue weighted by Gasteiger charge is -2.33. The Bertz CT molecular complexity index is 1150. The highest BCUT2D eigenvalue weighted by Gasteiger charge is 2.59. The molecule has 30 heavy (non-hydrogen) atoms. The second-order valence-electron chi connectivity index (χ2n) is 7.85. The molecule has 0 unspecified atom stereocenters. The first-order valence-electron chi connectivity index (χ1n) is 10.0. The Morgan fingerprint density at radius 2 is 1.93 bits per heavy atom. The van der Waals surface area contributed by atoms with Gasteiger partial charge in [-0.25, -0.2) is 0 Å². The van der Waals surface area contributed by atoms with Crippen LogP contribution in [0.2, 0.25) is 0 Å². The summed E-state index contributed by atoms with van der Waals surface area (Å²) in [5.74, 6) is -0.165. The molecular formula is C24H22N4O2. The molecule has 2 aliphatic rings. The Kier molecular flexibility index (Phi) is 4.28. The highest BCUT2D eigenvalue weighted by molar-refractivity contribution is 6.08. The van der Waals surface area contributed by atoms with Crippen molar-refractivity contribution in [1.82, 2.24) is 14.7 Å². The number of carbonyl (C=O) groups is 2. The van der Waals surface area contributed by atoms with Crippen LogP contribution in [0.1, 0.15) is 29.2 Å². The number of rotatable bonds is 3. The third-order valence-electron chi connectivity index (χ3n) is 6.13. The number of fused-ring (bicyclic) bond motifs is 2. The quantitative estimate of drug-likeness (QED) is 0.689. The van der Waals surface area contributed by atoms with E-state index in [0.29, 0.717) is 13.0 Å². The molecule has 150 valence electrons. The highest BCUT2D eigenvalue weighted by Crippen LogP contribution is 2.54. The van der Waals surface area contributed by atoms with Crippen LogP contribution in [-0.2, 0) is 22.1 Å². The minimum atomic E-state index is -0.810. The van der Waals surface area contributed by atoms with Gasteiger partial charge < -0.3 is 10.2 Å². The smallest absolute Gasteiger partial charge is 0.247 e. The van der Waals surface area contributed by atoms with Crippen molar-refractivity contribution in [3.05, 3.63) is 89.8 Å². The number of hydrogen-bond acceptors (Lipinski definition) is 3. The normalized spacial score (nSPS) is 22.6. The summed E-state index contributed by atoms with van der Waals surface area (Å²) in [5.41, 5.74) is 2.79. The summed E-state index contributed by atoms with van der Waals surface area (Å²) in [7, 11) is 1.84. The predicted octanol–water partition coefficient (Wildman–Crippen LogP) is 3.30. The van der Waals surface area contributed by atoms with Crippen molar-refractivity contribution in [3.63, 3.8) is 0 Å². The zero-order chi connectivity index (χ0) is 20.7. The topological polar surface area (TPSA) is 67.2 Å². The van der Waals surface area contributed by atoms with Crippen LogP contribution in [0.4, 0.5) is 5.69 Å². The van der Waals surface area contributed by atoms with Crippen LogP contribution in [0.3, 0.4) is 0 Å². The van der Waals surface area contributed by atoms with Gasteiger partial charge in [-0.1, -0.05) is 48.5 Å². The number of benzene rings is 2. The largest absolute Gasteiger partial charge is 0.331 e. The lowest BCUT2D eigenvalue weighted by Crippen LogP contribution is -2.42. The van der Waals surface area contributed by atoms with Crippen LogP contribution in [0.15, 0.2) is 73.1 Å². The van der Waals surface area contributed by atoms with Gasteiger partial charge in [0, 0.05) is 37.1 Å². The summed E-state index contributed by atoms with van der Waals surface area (Å²) in [4.78, 5) is 28.4. The van der Waals surface area contributed by atoms with Crippen LogP contribution >= 0.6 is 0 Å². The molecule has 5 rings (SSSR count). The minimum absolute atomic E-state index is 0.0557. The first-order valence-corrected chi connectivity index (χ1v) is 10.0. The average molecular weight is 398 g/mol. The van der Waals surface area contributed by atoms with E-state index in [9.17, 15) is 9.59 Å². The molecule has 1 saturated heterocycles. The molecule has 3 aromatic rings. The van der Waals surface area contributed by atoms with Crippen molar-refractivity contribution in [1.29, 1.82) is 0 Å². The third-order valence-corrected chi connectivity index (χ3v) is 6.13. The number of nitrogens with zero attached hydrogens (tertiary/aromatic N) is 3. The SMILES string of the molecule is Cn1cc([C@@H]2N(C(=O)/C=C/c3ccccc3)CC[C@]23C(=O)Nc2ccccc23)cn1. The van der Waals surface area contributed by atoms with Crippen LogP contribution in [0.5, 0.6) is 0 Å². The first-order chi connectivity index (χ1) is 14.6. The number of carbonyl (C=O) groups excluding carboxylic acids is 2. The molecule has 2 atom stereocenters. The van der Waals surface area contributed by atoms with E-state index in [1.54, 1.807) is 21.9 Å². The number of hydrogen-bond donors (Lipinski definition) is 1. The first kappa shape index (κ1) is 18.4. The van der Waals surface area contributed by atoms with Gasteiger partial charge in [-0.3, -0.25) is 14.3 Å². The van der Waals surface area contributed by atoms with Gasteiger partial charge in [0.15, 0.2) is 0 Å². The molecule has 1 spiro atoms. The van der Waals surface area contributed by atoms with Crippen LogP contribution in [0.25, 0.3) is 6.08 Å². The molecule has 1 N–H and O–H groups in total. The van der Waals surface area contributed by atoms with Crippen molar-refractivity contribution in [3.8, 4) is 0 Å². The van der Waals surface area contributed by atoms with Crippen molar-refractivity contribution >= 4 is 23.6 Å². The molecule has 1 aromatic heterocycles. The van der Waals surface area contributed by atoms with Gasteiger partial charge in [-0.15, -0.1) is 0 Å². The summed E-state index contributed by atoms with van der Waals surface area (Å²) < 4.78 is 1.71. The monoisotopic (exact) mass is 398 g/mol. The van der Waals surface area contributed by atoms with Crippen molar-refractivity contribution in [2.24, 2.45) is 7.05 Å². The number of amides is 2. The van der Waals surface area contributed by atoms with Crippen molar-refractivity contribution in [2.45, 2.75) is 17.9 Å². The van der Waals surface area contributed by atoms with Gasteiger partial charge >= 0.3 is 0 Å². The maximum absolute atomic E-state index is 13.3. The number of likely N-dealkylation sites (tertiary alicyclic amines) is 1. The molecule has 3 heterocycles. The Morgan fingerprint density at radius 1 is 1.17 bits per heavy atom. The number of aryl methyl sites for hydroxylation is 1. The van der Waals surface area contributed by atoms with Crippen LogP contribution < -0.4 is 5.32 Å². The number of aromatic nitrogens is 2. The zero-order valence-corrected chi connectivity index (χ0v) is 16.7. The van der Waals surface area contributed by atoms with E-state index in [4.69, 9.17) is 0 Å². The van der Waals surface area contributed by atoms with Gasteiger partial charge in [0.05, 0.1) is 12.2 Å². The van der Waals surface area contributed by atoms with E-state index in [1.807, 2.05) is 73.9 Å². The molecule has 2 aromatic carbocycles. The Hall–Kier alpha value is -3.67. The number of nitrogens with one attached hydrogen (secondary N) is 1. The molecule has 1 fully saturated rings. The fraction of sp³-hybridized carbons (Fsp3) is 0.208. The zero-order valence-electron chi connectivity index (χ0n) is 16.7. The maximum atomic E-state index is 13.3. The van der Waals surface area contributed by atoms with Gasteiger partial charge in [0.2, 0.25) is 11.8 Å². The van der Waals surface area contributed by atoms with E-state index in [2.05, 4.69) is 10.4 Å². The highest BCUT2D eigenvalue weighted by atomic mass is 16.2. The fourth-order valence-corrected chi connectivity index (χ4v) is 4.80. The van der Waals surface area contributed by atoms with Gasteiger partial charge in [0.1, 0.15) is 5.41 Å². The molecule has 0 radical (unpaired) electrons. The molecule has 2 aliphatic heterocycles. The van der Waals surface area contributed by atoms with Crippen LogP contribution in [0, 0.1) is 0 Å². The maximum Gasteiger partial charge on any atom is 0.247 e.